The van der Waals surface area contributed by atoms with E-state index in [0.29, 0.717) is 12.0 Å². The first-order valence-corrected chi connectivity index (χ1v) is 5.91. The van der Waals surface area contributed by atoms with Crippen molar-refractivity contribution in [3.05, 3.63) is 35.4 Å². The molecule has 18 heavy (non-hydrogen) atoms. The number of Topliss-reactive ketones (excluding diaryl/α,β-unsaturated/α-hetero) is 1. The Morgan fingerprint density at radius 1 is 1.33 bits per heavy atom. The van der Waals surface area contributed by atoms with Crippen molar-refractivity contribution in [2.24, 2.45) is 0 Å². The van der Waals surface area contributed by atoms with Crippen molar-refractivity contribution in [3.8, 4) is 0 Å². The summed E-state index contributed by atoms with van der Waals surface area (Å²) in [6.45, 7) is 3.81. The molecule has 0 aromatic heterocycles. The van der Waals surface area contributed by atoms with Crippen LogP contribution >= 0.6 is 0 Å². The number of hydrogen-bond donors (Lipinski definition) is 0. The Balaban J connectivity index is 2.81. The van der Waals surface area contributed by atoms with Crippen molar-refractivity contribution in [1.82, 2.24) is 0 Å². The lowest BCUT2D eigenvalue weighted by molar-refractivity contribution is -0.137. The molecule has 0 heterocycles. The van der Waals surface area contributed by atoms with Gasteiger partial charge in [-0.05, 0) is 31.9 Å². The predicted octanol–water partition coefficient (Wildman–Crippen LogP) is 2.01. The lowest BCUT2D eigenvalue weighted by Crippen LogP contribution is -2.18. The molecule has 0 amide bonds. The van der Waals surface area contributed by atoms with E-state index < -0.39 is 11.8 Å². The van der Waals surface area contributed by atoms with E-state index in [1.165, 1.54) is 0 Å². The summed E-state index contributed by atoms with van der Waals surface area (Å²) in [5, 5.41) is 0. The van der Waals surface area contributed by atoms with E-state index >= 15 is 0 Å². The van der Waals surface area contributed by atoms with Gasteiger partial charge in [0.2, 0.25) is 0 Å². The first kappa shape index (κ1) is 14.4. The lowest BCUT2D eigenvalue weighted by Gasteiger charge is -2.10. The number of hydrogen-bond acceptors (Lipinski definition) is 4. The molecule has 4 heteroatoms. The van der Waals surface area contributed by atoms with Crippen LogP contribution in [0.15, 0.2) is 24.3 Å². The molecule has 0 spiro atoms. The lowest BCUT2D eigenvalue weighted by atomic mass is 10.0. The Kier molecular flexibility index (Phi) is 5.52. The van der Waals surface area contributed by atoms with Gasteiger partial charge in [-0.2, -0.15) is 0 Å². The second kappa shape index (κ2) is 6.91. The molecular formula is C14H18O4. The molecule has 0 fully saturated rings. The average molecular weight is 250 g/mol. The second-order valence-electron chi connectivity index (χ2n) is 4.00. The maximum atomic E-state index is 11.7. The molecule has 0 bridgehead atoms. The molecule has 98 valence electrons. The van der Waals surface area contributed by atoms with E-state index in [1.54, 1.807) is 32.2 Å². The van der Waals surface area contributed by atoms with E-state index in [2.05, 4.69) is 4.74 Å². The molecule has 0 saturated heterocycles. The normalized spacial score (nSPS) is 11.9. The van der Waals surface area contributed by atoms with Gasteiger partial charge >= 0.3 is 5.97 Å². The van der Waals surface area contributed by atoms with Crippen LogP contribution in [-0.4, -0.2) is 31.6 Å². The van der Waals surface area contributed by atoms with E-state index in [0.717, 1.165) is 5.56 Å². The number of benzene rings is 1. The summed E-state index contributed by atoms with van der Waals surface area (Å²) < 4.78 is 9.85. The minimum Gasteiger partial charge on any atom is -0.460 e. The monoisotopic (exact) mass is 250 g/mol. The number of ether oxygens (including phenoxy) is 2. The fourth-order valence-electron chi connectivity index (χ4n) is 1.57. The molecule has 1 rings (SSSR count). The summed E-state index contributed by atoms with van der Waals surface area (Å²) in [7, 11) is 1.64. The number of carbonyl (C=O) groups is 2. The van der Waals surface area contributed by atoms with Crippen molar-refractivity contribution >= 4 is 11.8 Å². The Morgan fingerprint density at radius 2 is 2.06 bits per heavy atom. The van der Waals surface area contributed by atoms with Gasteiger partial charge in [-0.3, -0.25) is 4.79 Å². The summed E-state index contributed by atoms with van der Waals surface area (Å²) >= 11 is 0. The van der Waals surface area contributed by atoms with Crippen LogP contribution in [0.1, 0.15) is 29.8 Å². The molecule has 0 aliphatic heterocycles. The Hall–Kier alpha value is -1.68. The van der Waals surface area contributed by atoms with E-state index in [9.17, 15) is 9.59 Å². The maximum absolute atomic E-state index is 11.7. The molecule has 1 unspecified atom stereocenters. The highest BCUT2D eigenvalue weighted by molar-refractivity contribution is 6.40. The third kappa shape index (κ3) is 3.96. The molecule has 0 radical (unpaired) electrons. The van der Waals surface area contributed by atoms with Crippen molar-refractivity contribution in [2.75, 3.05) is 13.7 Å². The molecule has 0 saturated carbocycles. The maximum Gasteiger partial charge on any atom is 0.379 e. The summed E-state index contributed by atoms with van der Waals surface area (Å²) in [6.07, 6.45) is 0.762. The van der Waals surface area contributed by atoms with Crippen LogP contribution in [0.25, 0.3) is 0 Å². The van der Waals surface area contributed by atoms with Gasteiger partial charge in [-0.1, -0.05) is 18.2 Å². The van der Waals surface area contributed by atoms with E-state index in [1.807, 2.05) is 13.0 Å². The predicted molar refractivity (Wildman–Crippen MR) is 67.6 cm³/mol. The first-order chi connectivity index (χ1) is 8.58. The smallest absolute Gasteiger partial charge is 0.379 e. The highest BCUT2D eigenvalue weighted by Gasteiger charge is 2.17. The third-order valence-corrected chi connectivity index (χ3v) is 2.58. The molecular weight excluding hydrogens is 232 g/mol. The highest BCUT2D eigenvalue weighted by Crippen LogP contribution is 2.10. The van der Waals surface area contributed by atoms with Gasteiger partial charge in [0.25, 0.3) is 5.78 Å². The van der Waals surface area contributed by atoms with E-state index in [-0.39, 0.29) is 12.7 Å². The van der Waals surface area contributed by atoms with Crippen LogP contribution in [-0.2, 0) is 20.7 Å². The molecule has 1 atom stereocenters. The van der Waals surface area contributed by atoms with Crippen molar-refractivity contribution in [2.45, 2.75) is 26.4 Å². The number of esters is 1. The molecule has 1 aromatic carbocycles. The quantitative estimate of drug-likeness (QED) is 0.440. The average Bonchev–Trinajstić information content (AvgIpc) is 2.38. The third-order valence-electron chi connectivity index (χ3n) is 2.58. The molecule has 0 aliphatic carbocycles. The fourth-order valence-corrected chi connectivity index (χ4v) is 1.57. The summed E-state index contributed by atoms with van der Waals surface area (Å²) in [4.78, 5) is 23.1. The Morgan fingerprint density at radius 3 is 2.67 bits per heavy atom. The topological polar surface area (TPSA) is 52.6 Å². The summed E-state index contributed by atoms with van der Waals surface area (Å²) in [5.74, 6) is -1.42. The molecule has 4 nitrogen and oxygen atoms in total. The molecule has 0 N–H and O–H groups in total. The van der Waals surface area contributed by atoms with Crippen LogP contribution < -0.4 is 0 Å². The minimum atomic E-state index is -0.811. The molecule has 0 aliphatic rings. The van der Waals surface area contributed by atoms with Gasteiger partial charge in [0.1, 0.15) is 0 Å². The molecule has 1 aromatic rings. The Bertz CT molecular complexity index is 426. The second-order valence-corrected chi connectivity index (χ2v) is 4.00. The summed E-state index contributed by atoms with van der Waals surface area (Å²) in [5.41, 5.74) is 1.31. The van der Waals surface area contributed by atoms with Crippen LogP contribution in [0.3, 0.4) is 0 Å². The Labute approximate surface area is 107 Å². The van der Waals surface area contributed by atoms with Crippen molar-refractivity contribution in [3.63, 3.8) is 0 Å². The van der Waals surface area contributed by atoms with Gasteiger partial charge in [-0.25, -0.2) is 4.79 Å². The van der Waals surface area contributed by atoms with Gasteiger partial charge in [-0.15, -0.1) is 0 Å². The van der Waals surface area contributed by atoms with Crippen LogP contribution in [0.5, 0.6) is 0 Å². The largest absolute Gasteiger partial charge is 0.460 e. The fraction of sp³-hybridized carbons (Fsp3) is 0.429. The number of methoxy groups -OCH3 is 1. The zero-order chi connectivity index (χ0) is 13.5. The zero-order valence-corrected chi connectivity index (χ0v) is 10.9. The van der Waals surface area contributed by atoms with Gasteiger partial charge in [0.15, 0.2) is 0 Å². The van der Waals surface area contributed by atoms with Crippen LogP contribution in [0.2, 0.25) is 0 Å². The number of carbonyl (C=O) groups excluding carboxylic acids is 2. The van der Waals surface area contributed by atoms with Gasteiger partial charge < -0.3 is 9.47 Å². The summed E-state index contributed by atoms with van der Waals surface area (Å²) in [6, 6.07) is 6.97. The minimum absolute atomic E-state index is 0.0675. The zero-order valence-electron chi connectivity index (χ0n) is 10.9. The van der Waals surface area contributed by atoms with Crippen LogP contribution in [0.4, 0.5) is 0 Å². The first-order valence-electron chi connectivity index (χ1n) is 5.91. The number of rotatable bonds is 6. The van der Waals surface area contributed by atoms with Gasteiger partial charge in [0.05, 0.1) is 12.7 Å². The van der Waals surface area contributed by atoms with Crippen molar-refractivity contribution < 1.29 is 19.1 Å². The van der Waals surface area contributed by atoms with Crippen LogP contribution in [0, 0.1) is 0 Å². The van der Waals surface area contributed by atoms with Crippen molar-refractivity contribution in [1.29, 1.82) is 0 Å². The van der Waals surface area contributed by atoms with Gasteiger partial charge in [0, 0.05) is 12.7 Å². The van der Waals surface area contributed by atoms with E-state index in [4.69, 9.17) is 4.74 Å². The highest BCUT2D eigenvalue weighted by atomic mass is 16.5. The number of ketones is 1. The standard InChI is InChI=1S/C14H18O4/c1-4-18-14(16)13(15)12-7-5-6-11(9-12)8-10(2)17-3/h5-7,9-10H,4,8H2,1-3H3. The SMILES string of the molecule is CCOC(=O)C(=O)c1cccc(CC(C)OC)c1.